The molecule has 90 valence electrons. The highest BCUT2D eigenvalue weighted by atomic mass is 35.5. The van der Waals surface area contributed by atoms with Gasteiger partial charge < -0.3 is 5.32 Å². The Bertz CT molecular complexity index is 488. The minimum absolute atomic E-state index is 0.775. The van der Waals surface area contributed by atoms with Crippen LogP contribution < -0.4 is 5.32 Å². The summed E-state index contributed by atoms with van der Waals surface area (Å²) in [5, 5.41) is 8.38. The standard InChI is InChI=1S/C13H16ClN3/c1-10-12(9-16-17(10)2)8-15-7-11-3-5-13(14)6-4-11/h3-6,9,15H,7-8H2,1-2H3. The molecule has 1 aromatic carbocycles. The zero-order chi connectivity index (χ0) is 12.3. The number of halogens is 1. The molecule has 0 atom stereocenters. The van der Waals surface area contributed by atoms with Gasteiger partial charge in [-0.3, -0.25) is 4.68 Å². The molecule has 4 heteroatoms. The summed E-state index contributed by atoms with van der Waals surface area (Å²) in [5.74, 6) is 0. The second kappa shape index (κ2) is 5.34. The SMILES string of the molecule is Cc1c(CNCc2ccc(Cl)cc2)cnn1C. The van der Waals surface area contributed by atoms with E-state index in [1.807, 2.05) is 42.2 Å². The maximum atomic E-state index is 5.83. The number of benzene rings is 1. The molecule has 1 N–H and O–H groups in total. The molecule has 2 aromatic rings. The number of nitrogens with one attached hydrogen (secondary N) is 1. The van der Waals surface area contributed by atoms with Crippen LogP contribution in [0.5, 0.6) is 0 Å². The Hall–Kier alpha value is -1.32. The van der Waals surface area contributed by atoms with Gasteiger partial charge in [0.05, 0.1) is 6.20 Å². The summed E-state index contributed by atoms with van der Waals surface area (Å²) in [5.41, 5.74) is 3.67. The molecule has 0 bridgehead atoms. The van der Waals surface area contributed by atoms with Crippen molar-refractivity contribution in [2.24, 2.45) is 7.05 Å². The average Bonchev–Trinajstić information content (AvgIpc) is 2.64. The van der Waals surface area contributed by atoms with E-state index >= 15 is 0 Å². The van der Waals surface area contributed by atoms with Crippen LogP contribution in [-0.4, -0.2) is 9.78 Å². The number of nitrogens with zero attached hydrogens (tertiary/aromatic N) is 2. The van der Waals surface area contributed by atoms with Gasteiger partial charge in [-0.15, -0.1) is 0 Å². The third-order valence-electron chi connectivity index (χ3n) is 2.89. The van der Waals surface area contributed by atoms with Crippen molar-refractivity contribution in [2.45, 2.75) is 20.0 Å². The van der Waals surface area contributed by atoms with Gasteiger partial charge in [0.1, 0.15) is 0 Å². The number of rotatable bonds is 4. The Morgan fingerprint density at radius 1 is 1.24 bits per heavy atom. The van der Waals surface area contributed by atoms with Crippen molar-refractivity contribution in [3.63, 3.8) is 0 Å². The van der Waals surface area contributed by atoms with Crippen LogP contribution in [-0.2, 0) is 20.1 Å². The molecule has 1 aromatic heterocycles. The van der Waals surface area contributed by atoms with Gasteiger partial charge in [0.15, 0.2) is 0 Å². The molecule has 0 amide bonds. The van der Waals surface area contributed by atoms with Gasteiger partial charge in [-0.05, 0) is 24.6 Å². The van der Waals surface area contributed by atoms with E-state index in [2.05, 4.69) is 17.3 Å². The topological polar surface area (TPSA) is 29.9 Å². The highest BCUT2D eigenvalue weighted by Crippen LogP contribution is 2.10. The van der Waals surface area contributed by atoms with Gasteiger partial charge in [0, 0.05) is 36.4 Å². The predicted molar refractivity (Wildman–Crippen MR) is 69.9 cm³/mol. The Kier molecular flexibility index (Phi) is 3.82. The van der Waals surface area contributed by atoms with E-state index < -0.39 is 0 Å². The van der Waals surface area contributed by atoms with Crippen LogP contribution in [0.3, 0.4) is 0 Å². The third-order valence-corrected chi connectivity index (χ3v) is 3.15. The summed E-state index contributed by atoms with van der Waals surface area (Å²) < 4.78 is 1.89. The number of aromatic nitrogens is 2. The van der Waals surface area contributed by atoms with Gasteiger partial charge in [-0.25, -0.2) is 0 Å². The zero-order valence-corrected chi connectivity index (χ0v) is 10.8. The predicted octanol–water partition coefficient (Wildman–Crippen LogP) is 2.67. The maximum absolute atomic E-state index is 5.83. The summed E-state index contributed by atoms with van der Waals surface area (Å²) in [6, 6.07) is 7.89. The van der Waals surface area contributed by atoms with Gasteiger partial charge in [0.25, 0.3) is 0 Å². The first-order chi connectivity index (χ1) is 8.16. The molecule has 0 aliphatic heterocycles. The fourth-order valence-corrected chi connectivity index (χ4v) is 1.79. The van der Waals surface area contributed by atoms with E-state index in [9.17, 15) is 0 Å². The molecule has 1 heterocycles. The molecule has 2 rings (SSSR count). The smallest absolute Gasteiger partial charge is 0.0537 e. The normalized spacial score (nSPS) is 10.8. The van der Waals surface area contributed by atoms with Crippen molar-refractivity contribution >= 4 is 11.6 Å². The number of aryl methyl sites for hydroxylation is 1. The molecule has 0 fully saturated rings. The maximum Gasteiger partial charge on any atom is 0.0537 e. The van der Waals surface area contributed by atoms with E-state index in [0.29, 0.717) is 0 Å². The molecule has 3 nitrogen and oxygen atoms in total. The fraction of sp³-hybridized carbons (Fsp3) is 0.308. The van der Waals surface area contributed by atoms with Gasteiger partial charge >= 0.3 is 0 Å². The van der Waals surface area contributed by atoms with Crippen LogP contribution >= 0.6 is 11.6 Å². The van der Waals surface area contributed by atoms with Gasteiger partial charge in [-0.2, -0.15) is 5.10 Å². The lowest BCUT2D eigenvalue weighted by Gasteiger charge is -2.05. The largest absolute Gasteiger partial charge is 0.308 e. The first-order valence-electron chi connectivity index (χ1n) is 5.59. The molecule has 0 saturated heterocycles. The third kappa shape index (κ3) is 3.08. The van der Waals surface area contributed by atoms with Crippen molar-refractivity contribution in [3.8, 4) is 0 Å². The average molecular weight is 250 g/mol. The molecular weight excluding hydrogens is 234 g/mol. The van der Waals surface area contributed by atoms with Crippen LogP contribution in [0.2, 0.25) is 5.02 Å². The Morgan fingerprint density at radius 2 is 1.94 bits per heavy atom. The van der Waals surface area contributed by atoms with E-state index in [4.69, 9.17) is 11.6 Å². The Labute approximate surface area is 106 Å². The molecule has 0 aliphatic carbocycles. The summed E-state index contributed by atoms with van der Waals surface area (Å²) >= 11 is 5.83. The van der Waals surface area contributed by atoms with E-state index in [-0.39, 0.29) is 0 Å². The molecule has 0 aliphatic rings. The number of hydrogen-bond donors (Lipinski definition) is 1. The van der Waals surface area contributed by atoms with Crippen LogP contribution in [0.1, 0.15) is 16.8 Å². The summed E-state index contributed by atoms with van der Waals surface area (Å²) in [6.45, 7) is 3.75. The zero-order valence-electron chi connectivity index (χ0n) is 10.1. The van der Waals surface area contributed by atoms with Crippen molar-refractivity contribution in [2.75, 3.05) is 0 Å². The summed E-state index contributed by atoms with van der Waals surface area (Å²) in [7, 11) is 1.96. The first-order valence-corrected chi connectivity index (χ1v) is 5.97. The lowest BCUT2D eigenvalue weighted by atomic mass is 10.2. The van der Waals surface area contributed by atoms with Crippen molar-refractivity contribution in [3.05, 3.63) is 52.3 Å². The number of hydrogen-bond acceptors (Lipinski definition) is 2. The molecular formula is C13H16ClN3. The lowest BCUT2D eigenvalue weighted by molar-refractivity contribution is 0.684. The highest BCUT2D eigenvalue weighted by molar-refractivity contribution is 6.30. The summed E-state index contributed by atoms with van der Waals surface area (Å²) in [6.07, 6.45) is 1.91. The molecule has 17 heavy (non-hydrogen) atoms. The van der Waals surface area contributed by atoms with E-state index in [0.717, 1.165) is 18.1 Å². The Morgan fingerprint density at radius 3 is 2.53 bits per heavy atom. The van der Waals surface area contributed by atoms with Gasteiger partial charge in [0.2, 0.25) is 0 Å². The molecule has 0 saturated carbocycles. The minimum atomic E-state index is 0.775. The minimum Gasteiger partial charge on any atom is -0.308 e. The highest BCUT2D eigenvalue weighted by Gasteiger charge is 2.02. The van der Waals surface area contributed by atoms with Crippen molar-refractivity contribution < 1.29 is 0 Å². The van der Waals surface area contributed by atoms with Crippen LogP contribution in [0.25, 0.3) is 0 Å². The summed E-state index contributed by atoms with van der Waals surface area (Å²) in [4.78, 5) is 0. The molecule has 0 radical (unpaired) electrons. The van der Waals surface area contributed by atoms with Crippen LogP contribution in [0.4, 0.5) is 0 Å². The van der Waals surface area contributed by atoms with Crippen LogP contribution in [0.15, 0.2) is 30.5 Å². The Balaban J connectivity index is 1.87. The molecule has 0 spiro atoms. The van der Waals surface area contributed by atoms with E-state index in [1.54, 1.807) is 0 Å². The second-order valence-corrected chi connectivity index (χ2v) is 4.55. The van der Waals surface area contributed by atoms with Crippen molar-refractivity contribution in [1.29, 1.82) is 0 Å². The molecule has 0 unspecified atom stereocenters. The first kappa shape index (κ1) is 12.1. The fourth-order valence-electron chi connectivity index (χ4n) is 1.66. The second-order valence-electron chi connectivity index (χ2n) is 4.11. The van der Waals surface area contributed by atoms with Crippen molar-refractivity contribution in [1.82, 2.24) is 15.1 Å². The van der Waals surface area contributed by atoms with Crippen LogP contribution in [0, 0.1) is 6.92 Å². The quantitative estimate of drug-likeness (QED) is 0.903. The lowest BCUT2D eigenvalue weighted by Crippen LogP contribution is -2.13. The van der Waals surface area contributed by atoms with E-state index in [1.165, 1.54) is 16.8 Å². The van der Waals surface area contributed by atoms with Gasteiger partial charge in [-0.1, -0.05) is 23.7 Å². The monoisotopic (exact) mass is 249 g/mol.